The van der Waals surface area contributed by atoms with Gasteiger partial charge in [0.2, 0.25) is 0 Å². The van der Waals surface area contributed by atoms with Gasteiger partial charge < -0.3 is 0 Å². The lowest BCUT2D eigenvalue weighted by Gasteiger charge is -2.29. The SMILES string of the molecule is CCCCC1CCC(c2ccc(C3=Cc4cc(F)ccc4CC3)c(F)c2F)CC1. The molecular formula is C26H29F3. The van der Waals surface area contributed by atoms with Crippen molar-refractivity contribution in [3.63, 3.8) is 0 Å². The fraction of sp³-hybridized carbons (Fsp3) is 0.462. The lowest BCUT2D eigenvalue weighted by Crippen LogP contribution is -2.15. The third-order valence-corrected chi connectivity index (χ3v) is 6.81. The number of allylic oxidation sites excluding steroid dienone is 1. The van der Waals surface area contributed by atoms with Crippen LogP contribution in [-0.2, 0) is 6.42 Å². The Hall–Kier alpha value is -2.03. The number of aryl methyl sites for hydroxylation is 1. The van der Waals surface area contributed by atoms with Gasteiger partial charge in [-0.25, -0.2) is 13.2 Å². The van der Waals surface area contributed by atoms with Gasteiger partial charge in [0.05, 0.1) is 0 Å². The molecule has 2 aliphatic carbocycles. The molecule has 1 saturated carbocycles. The summed E-state index contributed by atoms with van der Waals surface area (Å²) in [6.45, 7) is 2.21. The Balaban J connectivity index is 1.54. The van der Waals surface area contributed by atoms with Crippen molar-refractivity contribution in [1.29, 1.82) is 0 Å². The highest BCUT2D eigenvalue weighted by Gasteiger charge is 2.27. The molecule has 0 aromatic heterocycles. The molecule has 0 N–H and O–H groups in total. The second-order valence-corrected chi connectivity index (χ2v) is 8.70. The van der Waals surface area contributed by atoms with Crippen LogP contribution in [0.15, 0.2) is 30.3 Å². The van der Waals surface area contributed by atoms with Crippen LogP contribution in [0.5, 0.6) is 0 Å². The van der Waals surface area contributed by atoms with Crippen molar-refractivity contribution in [3.05, 3.63) is 70.0 Å². The highest BCUT2D eigenvalue weighted by atomic mass is 19.2. The molecular weight excluding hydrogens is 369 g/mol. The Morgan fingerprint density at radius 3 is 2.45 bits per heavy atom. The van der Waals surface area contributed by atoms with E-state index in [0.717, 1.165) is 48.3 Å². The molecule has 2 aromatic carbocycles. The van der Waals surface area contributed by atoms with Crippen LogP contribution in [-0.4, -0.2) is 0 Å². The molecule has 0 unspecified atom stereocenters. The van der Waals surface area contributed by atoms with E-state index in [2.05, 4.69) is 6.92 Å². The van der Waals surface area contributed by atoms with E-state index < -0.39 is 11.6 Å². The Morgan fingerprint density at radius 2 is 1.69 bits per heavy atom. The third-order valence-electron chi connectivity index (χ3n) is 6.81. The van der Waals surface area contributed by atoms with Gasteiger partial charge in [-0.15, -0.1) is 0 Å². The van der Waals surface area contributed by atoms with Crippen LogP contribution >= 0.6 is 0 Å². The van der Waals surface area contributed by atoms with Gasteiger partial charge in [0, 0.05) is 5.56 Å². The zero-order valence-corrected chi connectivity index (χ0v) is 17.1. The Bertz CT molecular complexity index is 904. The van der Waals surface area contributed by atoms with E-state index in [9.17, 15) is 8.78 Å². The first-order chi connectivity index (χ1) is 14.1. The van der Waals surface area contributed by atoms with E-state index in [1.165, 1.54) is 31.4 Å². The summed E-state index contributed by atoms with van der Waals surface area (Å²) >= 11 is 0. The van der Waals surface area contributed by atoms with Gasteiger partial charge in [0.15, 0.2) is 11.6 Å². The molecule has 1 fully saturated rings. The van der Waals surface area contributed by atoms with Gasteiger partial charge in [-0.2, -0.15) is 0 Å². The van der Waals surface area contributed by atoms with Gasteiger partial charge in [0.1, 0.15) is 5.82 Å². The van der Waals surface area contributed by atoms with E-state index >= 15 is 4.39 Å². The summed E-state index contributed by atoms with van der Waals surface area (Å²) in [5, 5.41) is 0. The molecule has 2 aliphatic rings. The monoisotopic (exact) mass is 398 g/mol. The van der Waals surface area contributed by atoms with Gasteiger partial charge in [0.25, 0.3) is 0 Å². The van der Waals surface area contributed by atoms with Gasteiger partial charge in [-0.05, 0) is 84.8 Å². The minimum Gasteiger partial charge on any atom is -0.207 e. The molecule has 0 aliphatic heterocycles. The summed E-state index contributed by atoms with van der Waals surface area (Å²) in [6.07, 6.45) is 11.0. The predicted molar refractivity (Wildman–Crippen MR) is 113 cm³/mol. The minimum absolute atomic E-state index is 0.117. The first kappa shape index (κ1) is 20.3. The summed E-state index contributed by atoms with van der Waals surface area (Å²) in [4.78, 5) is 0. The van der Waals surface area contributed by atoms with Gasteiger partial charge >= 0.3 is 0 Å². The van der Waals surface area contributed by atoms with Gasteiger partial charge in [-0.3, -0.25) is 0 Å². The topological polar surface area (TPSA) is 0 Å². The van der Waals surface area contributed by atoms with E-state index in [0.29, 0.717) is 24.0 Å². The van der Waals surface area contributed by atoms with Crippen molar-refractivity contribution in [2.45, 2.75) is 70.6 Å². The number of fused-ring (bicyclic) bond motifs is 1. The first-order valence-electron chi connectivity index (χ1n) is 11.0. The van der Waals surface area contributed by atoms with Crippen molar-refractivity contribution in [1.82, 2.24) is 0 Å². The van der Waals surface area contributed by atoms with Crippen LogP contribution in [0.1, 0.15) is 86.5 Å². The quantitative estimate of drug-likeness (QED) is 0.478. The molecule has 0 amide bonds. The maximum Gasteiger partial charge on any atom is 0.166 e. The number of unbranched alkanes of at least 4 members (excludes halogenated alkanes) is 1. The summed E-state index contributed by atoms with van der Waals surface area (Å²) < 4.78 is 43.6. The van der Waals surface area contributed by atoms with Crippen molar-refractivity contribution in [2.75, 3.05) is 0 Å². The summed E-state index contributed by atoms with van der Waals surface area (Å²) in [7, 11) is 0. The van der Waals surface area contributed by atoms with E-state index in [-0.39, 0.29) is 11.7 Å². The Morgan fingerprint density at radius 1 is 0.897 bits per heavy atom. The summed E-state index contributed by atoms with van der Waals surface area (Å²) in [5.74, 6) is -0.886. The molecule has 3 heteroatoms. The van der Waals surface area contributed by atoms with Crippen LogP contribution in [0, 0.1) is 23.4 Å². The second kappa shape index (κ2) is 8.77. The second-order valence-electron chi connectivity index (χ2n) is 8.70. The first-order valence-corrected chi connectivity index (χ1v) is 11.0. The molecule has 0 spiro atoms. The molecule has 0 bridgehead atoms. The van der Waals surface area contributed by atoms with Gasteiger partial charge in [-0.1, -0.05) is 50.5 Å². The van der Waals surface area contributed by atoms with Crippen LogP contribution in [0.3, 0.4) is 0 Å². The molecule has 0 saturated heterocycles. The fourth-order valence-electron chi connectivity index (χ4n) is 5.05. The smallest absolute Gasteiger partial charge is 0.166 e. The molecule has 0 heterocycles. The number of hydrogen-bond donors (Lipinski definition) is 0. The fourth-order valence-corrected chi connectivity index (χ4v) is 5.05. The minimum atomic E-state index is -0.748. The largest absolute Gasteiger partial charge is 0.207 e. The Labute approximate surface area is 171 Å². The molecule has 154 valence electrons. The maximum atomic E-state index is 15.0. The highest BCUT2D eigenvalue weighted by Crippen LogP contribution is 2.40. The van der Waals surface area contributed by atoms with E-state index in [1.807, 2.05) is 0 Å². The average molecular weight is 399 g/mol. The predicted octanol–water partition coefficient (Wildman–Crippen LogP) is 8.05. The van der Waals surface area contributed by atoms with Crippen molar-refractivity contribution in [2.24, 2.45) is 5.92 Å². The summed E-state index contributed by atoms with van der Waals surface area (Å²) in [6, 6.07) is 8.20. The zero-order valence-electron chi connectivity index (χ0n) is 17.1. The third kappa shape index (κ3) is 4.29. The Kier molecular flexibility index (Phi) is 6.12. The lowest BCUT2D eigenvalue weighted by molar-refractivity contribution is 0.299. The zero-order chi connectivity index (χ0) is 20.4. The average Bonchev–Trinajstić information content (AvgIpc) is 2.74. The van der Waals surface area contributed by atoms with Crippen LogP contribution in [0.25, 0.3) is 11.6 Å². The van der Waals surface area contributed by atoms with E-state index in [4.69, 9.17) is 0 Å². The van der Waals surface area contributed by atoms with Crippen LogP contribution < -0.4 is 0 Å². The van der Waals surface area contributed by atoms with Crippen molar-refractivity contribution >= 4 is 11.6 Å². The number of hydrogen-bond acceptors (Lipinski definition) is 0. The number of benzene rings is 2. The van der Waals surface area contributed by atoms with Crippen LogP contribution in [0.4, 0.5) is 13.2 Å². The molecule has 0 radical (unpaired) electrons. The van der Waals surface area contributed by atoms with Crippen LogP contribution in [0.2, 0.25) is 0 Å². The highest BCUT2D eigenvalue weighted by molar-refractivity contribution is 5.84. The summed E-state index contributed by atoms with van der Waals surface area (Å²) in [5.41, 5.74) is 3.41. The standard InChI is InChI=1S/C26H29F3/c1-2-3-4-17-5-7-19(8-6-17)23-13-14-24(26(29)25(23)28)20-10-9-18-11-12-22(27)16-21(18)15-20/h11-17,19H,2-10H2,1H3. The van der Waals surface area contributed by atoms with Crippen molar-refractivity contribution < 1.29 is 13.2 Å². The molecule has 0 atom stereocenters. The normalized spacial score (nSPS) is 21.6. The number of halogens is 3. The van der Waals surface area contributed by atoms with Crippen molar-refractivity contribution in [3.8, 4) is 0 Å². The number of rotatable bonds is 5. The molecule has 4 rings (SSSR count). The molecule has 29 heavy (non-hydrogen) atoms. The molecule has 2 aromatic rings. The lowest BCUT2D eigenvalue weighted by atomic mass is 9.76. The maximum absolute atomic E-state index is 15.0. The van der Waals surface area contributed by atoms with E-state index in [1.54, 1.807) is 24.3 Å². The molecule has 0 nitrogen and oxygen atoms in total.